The molecule has 0 amide bonds. The van der Waals surface area contributed by atoms with E-state index in [2.05, 4.69) is 54.5 Å². The molecule has 3 nitrogen and oxygen atoms in total. The number of hydrogen-bond acceptors (Lipinski definition) is 3. The molecule has 1 heterocycles. The summed E-state index contributed by atoms with van der Waals surface area (Å²) >= 11 is 0. The summed E-state index contributed by atoms with van der Waals surface area (Å²) in [5, 5.41) is 3.55. The van der Waals surface area contributed by atoms with E-state index in [1.54, 1.807) is 6.26 Å². The number of para-hydroxylation sites is 1. The molecule has 0 bridgehead atoms. The van der Waals surface area contributed by atoms with Crippen LogP contribution in [0, 0.1) is 6.92 Å². The molecule has 1 aromatic heterocycles. The molecule has 0 atom stereocenters. The number of rotatable bonds is 6. The molecule has 20 heavy (non-hydrogen) atoms. The van der Waals surface area contributed by atoms with E-state index in [-0.39, 0.29) is 0 Å². The van der Waals surface area contributed by atoms with Gasteiger partial charge in [-0.1, -0.05) is 18.2 Å². The number of anilines is 1. The third-order valence-electron chi connectivity index (χ3n) is 3.90. The van der Waals surface area contributed by atoms with E-state index in [4.69, 9.17) is 4.42 Å². The zero-order valence-electron chi connectivity index (χ0n) is 12.2. The highest BCUT2D eigenvalue weighted by atomic mass is 16.3. The standard InChI is InChI=1S/C17H22N2O/c1-13-5-3-4-6-16(13)19(2)12-17-14(9-10-20-17)11-18-15-7-8-15/h3-6,9-10,15,18H,7-8,11-12H2,1-2H3. The topological polar surface area (TPSA) is 28.4 Å². The number of aryl methyl sites for hydroxylation is 1. The maximum atomic E-state index is 5.67. The fourth-order valence-corrected chi connectivity index (χ4v) is 2.50. The Balaban J connectivity index is 1.67. The van der Waals surface area contributed by atoms with Crippen molar-refractivity contribution in [2.24, 2.45) is 0 Å². The lowest BCUT2D eigenvalue weighted by atomic mass is 10.1. The van der Waals surface area contributed by atoms with E-state index in [1.165, 1.54) is 29.7 Å². The van der Waals surface area contributed by atoms with Crippen molar-refractivity contribution < 1.29 is 4.42 Å². The van der Waals surface area contributed by atoms with Gasteiger partial charge < -0.3 is 14.6 Å². The molecule has 106 valence electrons. The molecule has 3 rings (SSSR count). The van der Waals surface area contributed by atoms with Crippen molar-refractivity contribution in [2.75, 3.05) is 11.9 Å². The molecule has 1 aliphatic rings. The largest absolute Gasteiger partial charge is 0.467 e. The van der Waals surface area contributed by atoms with Crippen molar-refractivity contribution >= 4 is 5.69 Å². The number of nitrogens with zero attached hydrogens (tertiary/aromatic N) is 1. The lowest BCUT2D eigenvalue weighted by molar-refractivity contribution is 0.499. The Kier molecular flexibility index (Phi) is 3.79. The van der Waals surface area contributed by atoms with Crippen LogP contribution in [0.2, 0.25) is 0 Å². The first-order chi connectivity index (χ1) is 9.74. The average Bonchev–Trinajstić information content (AvgIpc) is 3.17. The molecule has 1 saturated carbocycles. The minimum Gasteiger partial charge on any atom is -0.467 e. The van der Waals surface area contributed by atoms with Gasteiger partial charge in [0.05, 0.1) is 12.8 Å². The van der Waals surface area contributed by atoms with Gasteiger partial charge in [0.25, 0.3) is 0 Å². The molecular weight excluding hydrogens is 248 g/mol. The average molecular weight is 270 g/mol. The zero-order valence-corrected chi connectivity index (χ0v) is 12.2. The highest BCUT2D eigenvalue weighted by Crippen LogP contribution is 2.23. The monoisotopic (exact) mass is 270 g/mol. The Morgan fingerprint density at radius 2 is 2.05 bits per heavy atom. The molecular formula is C17H22N2O. The van der Waals surface area contributed by atoms with Crippen LogP contribution in [-0.4, -0.2) is 13.1 Å². The van der Waals surface area contributed by atoms with Crippen molar-refractivity contribution in [2.45, 2.75) is 38.9 Å². The van der Waals surface area contributed by atoms with Crippen LogP contribution >= 0.6 is 0 Å². The van der Waals surface area contributed by atoms with Crippen LogP contribution in [0.15, 0.2) is 41.0 Å². The number of furan rings is 1. The van der Waals surface area contributed by atoms with E-state index >= 15 is 0 Å². The van der Waals surface area contributed by atoms with E-state index in [1.807, 2.05) is 0 Å². The molecule has 1 N–H and O–H groups in total. The van der Waals surface area contributed by atoms with Crippen LogP contribution in [-0.2, 0) is 13.1 Å². The lowest BCUT2D eigenvalue weighted by Crippen LogP contribution is -2.20. The van der Waals surface area contributed by atoms with Crippen molar-refractivity contribution in [3.8, 4) is 0 Å². The maximum absolute atomic E-state index is 5.67. The smallest absolute Gasteiger partial charge is 0.127 e. The van der Waals surface area contributed by atoms with E-state index < -0.39 is 0 Å². The van der Waals surface area contributed by atoms with Gasteiger partial charge in [0, 0.05) is 30.9 Å². The number of hydrogen-bond donors (Lipinski definition) is 1. The van der Waals surface area contributed by atoms with Gasteiger partial charge in [-0.2, -0.15) is 0 Å². The van der Waals surface area contributed by atoms with E-state index in [0.29, 0.717) is 0 Å². The Bertz CT molecular complexity index is 572. The third kappa shape index (κ3) is 3.05. The second kappa shape index (κ2) is 5.71. The summed E-state index contributed by atoms with van der Waals surface area (Å²) in [6.07, 6.45) is 4.43. The lowest BCUT2D eigenvalue weighted by Gasteiger charge is -2.20. The second-order valence-electron chi connectivity index (χ2n) is 5.67. The fraction of sp³-hybridized carbons (Fsp3) is 0.412. The molecule has 3 heteroatoms. The summed E-state index contributed by atoms with van der Waals surface area (Å²) in [5.41, 5.74) is 3.82. The molecule has 0 saturated heterocycles. The van der Waals surface area contributed by atoms with E-state index in [0.717, 1.165) is 24.9 Å². The highest BCUT2D eigenvalue weighted by Gasteiger charge is 2.21. The van der Waals surface area contributed by atoms with Crippen LogP contribution in [0.3, 0.4) is 0 Å². The number of nitrogens with one attached hydrogen (secondary N) is 1. The Labute approximate surface area is 120 Å². The van der Waals surface area contributed by atoms with Crippen LogP contribution in [0.5, 0.6) is 0 Å². The molecule has 0 unspecified atom stereocenters. The molecule has 1 aliphatic carbocycles. The first-order valence-corrected chi connectivity index (χ1v) is 7.29. The predicted octanol–water partition coefficient (Wildman–Crippen LogP) is 3.48. The molecule has 0 spiro atoms. The van der Waals surface area contributed by atoms with Gasteiger partial charge in [0.15, 0.2) is 0 Å². The molecule has 2 aromatic rings. The maximum Gasteiger partial charge on any atom is 0.127 e. The van der Waals surface area contributed by atoms with Crippen molar-refractivity contribution in [1.29, 1.82) is 0 Å². The van der Waals surface area contributed by atoms with Gasteiger partial charge >= 0.3 is 0 Å². The van der Waals surface area contributed by atoms with Crippen molar-refractivity contribution in [3.63, 3.8) is 0 Å². The highest BCUT2D eigenvalue weighted by molar-refractivity contribution is 5.52. The molecule has 1 aromatic carbocycles. The molecule has 0 aliphatic heterocycles. The van der Waals surface area contributed by atoms with Crippen LogP contribution in [0.1, 0.15) is 29.7 Å². The summed E-state index contributed by atoms with van der Waals surface area (Å²) in [7, 11) is 2.11. The summed E-state index contributed by atoms with van der Waals surface area (Å²) in [6.45, 7) is 3.86. The van der Waals surface area contributed by atoms with Gasteiger partial charge in [0.1, 0.15) is 5.76 Å². The number of benzene rings is 1. The van der Waals surface area contributed by atoms with Crippen LogP contribution in [0.25, 0.3) is 0 Å². The molecule has 1 fully saturated rings. The SMILES string of the molecule is Cc1ccccc1N(C)Cc1occc1CNC1CC1. The van der Waals surface area contributed by atoms with Crippen molar-refractivity contribution in [3.05, 3.63) is 53.5 Å². The summed E-state index contributed by atoms with van der Waals surface area (Å²) in [6, 6.07) is 11.3. The minimum atomic E-state index is 0.729. The Hall–Kier alpha value is -1.74. The summed E-state index contributed by atoms with van der Waals surface area (Å²) in [4.78, 5) is 2.24. The van der Waals surface area contributed by atoms with Gasteiger partial charge in [-0.05, 0) is 37.5 Å². The fourth-order valence-electron chi connectivity index (χ4n) is 2.50. The van der Waals surface area contributed by atoms with Crippen LogP contribution in [0.4, 0.5) is 5.69 Å². The summed E-state index contributed by atoms with van der Waals surface area (Å²) < 4.78 is 5.67. The normalized spacial score (nSPS) is 14.5. The zero-order chi connectivity index (χ0) is 13.9. The van der Waals surface area contributed by atoms with Crippen LogP contribution < -0.4 is 10.2 Å². The predicted molar refractivity (Wildman–Crippen MR) is 81.9 cm³/mol. The first kappa shape index (κ1) is 13.3. The van der Waals surface area contributed by atoms with Gasteiger partial charge in [0.2, 0.25) is 0 Å². The van der Waals surface area contributed by atoms with E-state index in [9.17, 15) is 0 Å². The third-order valence-corrected chi connectivity index (χ3v) is 3.90. The Morgan fingerprint density at radius 3 is 2.80 bits per heavy atom. The van der Waals surface area contributed by atoms with Crippen molar-refractivity contribution in [1.82, 2.24) is 5.32 Å². The first-order valence-electron chi connectivity index (χ1n) is 7.29. The second-order valence-corrected chi connectivity index (χ2v) is 5.67. The summed E-state index contributed by atoms with van der Waals surface area (Å²) in [5.74, 6) is 1.06. The van der Waals surface area contributed by atoms with Gasteiger partial charge in [-0.15, -0.1) is 0 Å². The van der Waals surface area contributed by atoms with Gasteiger partial charge in [-0.25, -0.2) is 0 Å². The quantitative estimate of drug-likeness (QED) is 0.871. The Morgan fingerprint density at radius 1 is 1.25 bits per heavy atom. The minimum absolute atomic E-state index is 0.729. The van der Waals surface area contributed by atoms with Gasteiger partial charge in [-0.3, -0.25) is 0 Å². The molecule has 0 radical (unpaired) electrons.